The number of carbonyl (C=O) groups excluding carboxylic acids is 1. The lowest BCUT2D eigenvalue weighted by atomic mass is 10.1. The molecule has 18 heavy (non-hydrogen) atoms. The summed E-state index contributed by atoms with van der Waals surface area (Å²) < 4.78 is 2.92. The number of nitrogens with one attached hydrogen (secondary N) is 1. The molecule has 0 radical (unpaired) electrons. The second kappa shape index (κ2) is 5.89. The van der Waals surface area contributed by atoms with Gasteiger partial charge in [-0.2, -0.15) is 0 Å². The standard InChI is InChI=1S/C13H20BrN3O/c1-3-17-8-10(14)7-12(17)13(18)15-11-5-4-6-16(2)9-11/h7-8,11H,3-6,9H2,1-2H3,(H,15,18). The van der Waals surface area contributed by atoms with E-state index in [1.54, 1.807) is 0 Å². The fourth-order valence-electron chi connectivity index (χ4n) is 2.47. The number of rotatable bonds is 3. The first kappa shape index (κ1) is 13.6. The van der Waals surface area contributed by atoms with Crippen molar-refractivity contribution in [1.82, 2.24) is 14.8 Å². The quantitative estimate of drug-likeness (QED) is 0.928. The molecule has 1 fully saturated rings. The molecule has 0 spiro atoms. The number of carbonyl (C=O) groups is 1. The zero-order valence-electron chi connectivity index (χ0n) is 10.9. The molecule has 0 bridgehead atoms. The highest BCUT2D eigenvalue weighted by molar-refractivity contribution is 9.10. The highest BCUT2D eigenvalue weighted by Crippen LogP contribution is 2.16. The third-order valence-corrected chi connectivity index (χ3v) is 3.83. The summed E-state index contributed by atoms with van der Waals surface area (Å²) in [5.41, 5.74) is 0.734. The summed E-state index contributed by atoms with van der Waals surface area (Å²) in [6.45, 7) is 4.92. The van der Waals surface area contributed by atoms with Crippen molar-refractivity contribution in [2.24, 2.45) is 0 Å². The van der Waals surface area contributed by atoms with Crippen molar-refractivity contribution in [1.29, 1.82) is 0 Å². The SMILES string of the molecule is CCn1cc(Br)cc1C(=O)NC1CCCN(C)C1. The molecule has 5 heteroatoms. The van der Waals surface area contributed by atoms with Crippen LogP contribution in [0.3, 0.4) is 0 Å². The first-order chi connectivity index (χ1) is 8.60. The predicted molar refractivity (Wildman–Crippen MR) is 75.8 cm³/mol. The van der Waals surface area contributed by atoms with E-state index in [9.17, 15) is 4.79 Å². The number of likely N-dealkylation sites (N-methyl/N-ethyl adjacent to an activating group) is 1. The van der Waals surface area contributed by atoms with Crippen LogP contribution in [0.4, 0.5) is 0 Å². The van der Waals surface area contributed by atoms with E-state index in [4.69, 9.17) is 0 Å². The van der Waals surface area contributed by atoms with E-state index in [2.05, 4.69) is 33.2 Å². The largest absolute Gasteiger partial charge is 0.347 e. The van der Waals surface area contributed by atoms with E-state index in [0.717, 1.165) is 42.6 Å². The number of hydrogen-bond donors (Lipinski definition) is 1. The van der Waals surface area contributed by atoms with Crippen molar-refractivity contribution in [2.45, 2.75) is 32.4 Å². The van der Waals surface area contributed by atoms with Gasteiger partial charge >= 0.3 is 0 Å². The Kier molecular flexibility index (Phi) is 4.45. The Morgan fingerprint density at radius 2 is 2.39 bits per heavy atom. The minimum Gasteiger partial charge on any atom is -0.347 e. The molecule has 100 valence electrons. The monoisotopic (exact) mass is 313 g/mol. The lowest BCUT2D eigenvalue weighted by Crippen LogP contribution is -2.46. The zero-order valence-corrected chi connectivity index (χ0v) is 12.5. The van der Waals surface area contributed by atoms with E-state index >= 15 is 0 Å². The molecule has 0 aliphatic carbocycles. The smallest absolute Gasteiger partial charge is 0.268 e. The van der Waals surface area contributed by atoms with Crippen molar-refractivity contribution in [3.8, 4) is 0 Å². The number of nitrogens with zero attached hydrogens (tertiary/aromatic N) is 2. The highest BCUT2D eigenvalue weighted by Gasteiger charge is 2.21. The molecule has 0 aromatic carbocycles. The van der Waals surface area contributed by atoms with Gasteiger partial charge in [0.2, 0.25) is 0 Å². The Hall–Kier alpha value is -0.810. The van der Waals surface area contributed by atoms with E-state index in [-0.39, 0.29) is 11.9 Å². The number of halogens is 1. The first-order valence-corrected chi connectivity index (χ1v) is 7.24. The molecule has 1 N–H and O–H groups in total. The average molecular weight is 314 g/mol. The third kappa shape index (κ3) is 3.14. The van der Waals surface area contributed by atoms with Gasteiger partial charge in [-0.25, -0.2) is 0 Å². The Morgan fingerprint density at radius 3 is 3.06 bits per heavy atom. The second-order valence-electron chi connectivity index (χ2n) is 4.90. The molecule has 2 heterocycles. The van der Waals surface area contributed by atoms with Crippen LogP contribution >= 0.6 is 15.9 Å². The Bertz CT molecular complexity index is 430. The van der Waals surface area contributed by atoms with Crippen molar-refractivity contribution in [2.75, 3.05) is 20.1 Å². The van der Waals surface area contributed by atoms with Crippen molar-refractivity contribution in [3.63, 3.8) is 0 Å². The van der Waals surface area contributed by atoms with Gasteiger partial charge < -0.3 is 14.8 Å². The van der Waals surface area contributed by atoms with Crippen LogP contribution in [0.25, 0.3) is 0 Å². The lowest BCUT2D eigenvalue weighted by Gasteiger charge is -2.30. The van der Waals surface area contributed by atoms with Crippen LogP contribution in [0.1, 0.15) is 30.3 Å². The molecule has 1 aliphatic heterocycles. The predicted octanol–water partition coefficient (Wildman–Crippen LogP) is 2.09. The van der Waals surface area contributed by atoms with Crippen LogP contribution in [0.5, 0.6) is 0 Å². The van der Waals surface area contributed by atoms with Gasteiger partial charge in [-0.15, -0.1) is 0 Å². The molecule has 1 saturated heterocycles. The van der Waals surface area contributed by atoms with E-state index < -0.39 is 0 Å². The lowest BCUT2D eigenvalue weighted by molar-refractivity contribution is 0.0903. The van der Waals surface area contributed by atoms with E-state index in [1.165, 1.54) is 0 Å². The molecular weight excluding hydrogens is 294 g/mol. The van der Waals surface area contributed by atoms with Crippen LogP contribution in [-0.2, 0) is 6.54 Å². The van der Waals surface area contributed by atoms with Crippen molar-refractivity contribution in [3.05, 3.63) is 22.4 Å². The highest BCUT2D eigenvalue weighted by atomic mass is 79.9. The number of piperidine rings is 1. The van der Waals surface area contributed by atoms with Crippen LogP contribution in [0.2, 0.25) is 0 Å². The number of hydrogen-bond acceptors (Lipinski definition) is 2. The maximum atomic E-state index is 12.2. The summed E-state index contributed by atoms with van der Waals surface area (Å²) in [6, 6.07) is 2.15. The number of aromatic nitrogens is 1. The minimum absolute atomic E-state index is 0.0304. The molecule has 4 nitrogen and oxygen atoms in total. The summed E-state index contributed by atoms with van der Waals surface area (Å²) in [5, 5.41) is 3.13. The maximum absolute atomic E-state index is 12.2. The third-order valence-electron chi connectivity index (χ3n) is 3.40. The number of amides is 1. The molecule has 1 aromatic heterocycles. The van der Waals surface area contributed by atoms with Gasteiger partial charge in [0.15, 0.2) is 0 Å². The molecular formula is C13H20BrN3O. The van der Waals surface area contributed by atoms with Crippen molar-refractivity contribution < 1.29 is 4.79 Å². The zero-order chi connectivity index (χ0) is 13.1. The van der Waals surface area contributed by atoms with Gasteiger partial charge in [0.05, 0.1) is 0 Å². The van der Waals surface area contributed by atoms with Gasteiger partial charge in [-0.3, -0.25) is 4.79 Å². The second-order valence-corrected chi connectivity index (χ2v) is 5.82. The fraction of sp³-hybridized carbons (Fsp3) is 0.615. The summed E-state index contributed by atoms with van der Waals surface area (Å²) in [6.07, 6.45) is 4.17. The molecule has 1 amide bonds. The molecule has 1 unspecified atom stereocenters. The Labute approximate surface area is 116 Å². The van der Waals surface area contributed by atoms with Crippen LogP contribution in [-0.4, -0.2) is 41.6 Å². The molecule has 2 rings (SSSR count). The fourth-order valence-corrected chi connectivity index (χ4v) is 2.93. The molecule has 1 aromatic rings. The van der Waals surface area contributed by atoms with E-state index in [0.29, 0.717) is 0 Å². The van der Waals surface area contributed by atoms with Crippen LogP contribution in [0, 0.1) is 0 Å². The Balaban J connectivity index is 2.02. The van der Waals surface area contributed by atoms with Gasteiger partial charge in [0.1, 0.15) is 5.69 Å². The first-order valence-electron chi connectivity index (χ1n) is 6.45. The summed E-state index contributed by atoms with van der Waals surface area (Å²) in [5.74, 6) is 0.0304. The summed E-state index contributed by atoms with van der Waals surface area (Å²) in [4.78, 5) is 14.5. The van der Waals surface area contributed by atoms with Crippen molar-refractivity contribution >= 4 is 21.8 Å². The van der Waals surface area contributed by atoms with Crippen LogP contribution < -0.4 is 5.32 Å². The van der Waals surface area contributed by atoms with Gasteiger partial charge in [0, 0.05) is 29.8 Å². The van der Waals surface area contributed by atoms with Gasteiger partial charge in [0.25, 0.3) is 5.91 Å². The Morgan fingerprint density at radius 1 is 1.61 bits per heavy atom. The number of aryl methyl sites for hydroxylation is 1. The summed E-state index contributed by atoms with van der Waals surface area (Å²) in [7, 11) is 2.10. The van der Waals surface area contributed by atoms with Gasteiger partial charge in [-0.1, -0.05) is 0 Å². The minimum atomic E-state index is 0.0304. The molecule has 1 aliphatic rings. The number of likely N-dealkylation sites (tertiary alicyclic amines) is 1. The average Bonchev–Trinajstić information content (AvgIpc) is 2.70. The van der Waals surface area contributed by atoms with Gasteiger partial charge in [-0.05, 0) is 55.4 Å². The van der Waals surface area contributed by atoms with Crippen LogP contribution in [0.15, 0.2) is 16.7 Å². The topological polar surface area (TPSA) is 37.3 Å². The normalized spacial score (nSPS) is 20.9. The maximum Gasteiger partial charge on any atom is 0.268 e. The van der Waals surface area contributed by atoms with E-state index in [1.807, 2.05) is 23.8 Å². The molecule has 0 saturated carbocycles. The summed E-state index contributed by atoms with van der Waals surface area (Å²) >= 11 is 3.42. The molecule has 1 atom stereocenters.